The van der Waals surface area contributed by atoms with Gasteiger partial charge in [-0.2, -0.15) is 4.98 Å². The van der Waals surface area contributed by atoms with Crippen LogP contribution in [-0.4, -0.2) is 66.1 Å². The van der Waals surface area contributed by atoms with E-state index in [0.717, 1.165) is 28.4 Å². The number of nitrogens with one attached hydrogen (secondary N) is 1. The fraction of sp³-hybridized carbons (Fsp3) is 0.562. The summed E-state index contributed by atoms with van der Waals surface area (Å²) in [5.41, 5.74) is -1.64. The van der Waals surface area contributed by atoms with Crippen LogP contribution in [0.4, 0.5) is 0 Å². The van der Waals surface area contributed by atoms with Crippen LogP contribution < -0.4 is 11.1 Å². The van der Waals surface area contributed by atoms with E-state index in [-0.39, 0.29) is 22.2 Å². The Morgan fingerprint density at radius 3 is 2.53 bits per heavy atom. The van der Waals surface area contributed by atoms with E-state index < -0.39 is 53.2 Å². The van der Waals surface area contributed by atoms with Gasteiger partial charge in [-0.05, 0) is 5.57 Å². The molecule has 1 amide bonds. The average molecular weight is 495 g/mol. The normalized spacial score (nSPS) is 23.2. The molecule has 1 aromatic heterocycles. The number of β-lactam (4-membered cyclic amide) rings is 1. The van der Waals surface area contributed by atoms with Crippen LogP contribution in [0.3, 0.4) is 0 Å². The molecular formula is C16H19ClN4O6S3. The van der Waals surface area contributed by atoms with Crippen molar-refractivity contribution in [1.29, 1.82) is 0 Å². The van der Waals surface area contributed by atoms with Crippen LogP contribution >= 0.6 is 35.1 Å². The molecule has 1 fully saturated rings. The number of hydrogen-bond acceptors (Lipinski definition) is 9. The Hall–Kier alpha value is -1.57. The van der Waals surface area contributed by atoms with Gasteiger partial charge in [-0.15, -0.1) is 11.6 Å². The highest BCUT2D eigenvalue weighted by Gasteiger charge is 2.59. The van der Waals surface area contributed by atoms with Crippen molar-refractivity contribution in [1.82, 2.24) is 19.7 Å². The standard InChI is InChI=1S/C16H19ClN4O6S3/c1-16(2,3)29-14(25)9-7(5-28-15-18-10(22)11(23)19-20(15)4)6-30(26,27)13-8(17)12(24)21(9)13/h8,13H,5-6H2,1-4H3,(H,19,23)/t8-,13+/m0/s1. The maximum Gasteiger partial charge on any atom is 0.339 e. The number of hydrogen-bond donors (Lipinski definition) is 1. The number of aromatic nitrogens is 3. The number of aromatic amines is 1. The Bertz CT molecular complexity index is 1180. The van der Waals surface area contributed by atoms with Gasteiger partial charge < -0.3 is 0 Å². The van der Waals surface area contributed by atoms with E-state index >= 15 is 0 Å². The summed E-state index contributed by atoms with van der Waals surface area (Å²) in [7, 11) is -2.33. The molecule has 1 N–H and O–H groups in total. The molecule has 30 heavy (non-hydrogen) atoms. The highest BCUT2D eigenvalue weighted by molar-refractivity contribution is 8.15. The Kier molecular flexibility index (Phi) is 6.04. The Morgan fingerprint density at radius 1 is 1.30 bits per heavy atom. The predicted molar refractivity (Wildman–Crippen MR) is 114 cm³/mol. The summed E-state index contributed by atoms with van der Waals surface area (Å²) in [4.78, 5) is 52.9. The number of carbonyl (C=O) groups excluding carboxylic acids is 2. The van der Waals surface area contributed by atoms with Gasteiger partial charge in [0.1, 0.15) is 11.1 Å². The smallest absolute Gasteiger partial charge is 0.287 e. The number of H-pyrrole nitrogens is 1. The molecule has 0 bridgehead atoms. The number of halogens is 1. The number of amides is 1. The zero-order valence-corrected chi connectivity index (χ0v) is 19.7. The number of fused-ring (bicyclic) bond motifs is 1. The van der Waals surface area contributed by atoms with Gasteiger partial charge in [0.15, 0.2) is 20.4 Å². The third-order valence-corrected chi connectivity index (χ3v) is 8.86. The van der Waals surface area contributed by atoms with Crippen molar-refractivity contribution in [2.75, 3.05) is 11.5 Å². The largest absolute Gasteiger partial charge is 0.339 e. The number of carbonyl (C=O) groups is 2. The van der Waals surface area contributed by atoms with Gasteiger partial charge in [-0.3, -0.25) is 33.9 Å². The fourth-order valence-corrected chi connectivity index (χ4v) is 7.54. The fourth-order valence-electron chi connectivity index (χ4n) is 3.00. The molecule has 1 saturated heterocycles. The molecule has 3 heterocycles. The SMILES string of the molecule is Cn1[nH]c(=O)c(=O)nc1SCC1=C(C(=O)SC(C)(C)C)N2C(=O)[C@H](Cl)[C@H]2S(=O)(=O)C1. The summed E-state index contributed by atoms with van der Waals surface area (Å²) in [6.45, 7) is 5.47. The van der Waals surface area contributed by atoms with Crippen LogP contribution in [-0.2, 0) is 26.5 Å². The molecule has 0 saturated carbocycles. The van der Waals surface area contributed by atoms with E-state index in [1.54, 1.807) is 0 Å². The highest BCUT2D eigenvalue weighted by Crippen LogP contribution is 2.43. The molecule has 164 valence electrons. The van der Waals surface area contributed by atoms with Gasteiger partial charge in [0.2, 0.25) is 11.0 Å². The molecular weight excluding hydrogens is 476 g/mol. The van der Waals surface area contributed by atoms with Crippen molar-refractivity contribution in [2.45, 2.75) is 41.4 Å². The van der Waals surface area contributed by atoms with Gasteiger partial charge in [-0.25, -0.2) is 8.42 Å². The topological polar surface area (TPSA) is 139 Å². The summed E-state index contributed by atoms with van der Waals surface area (Å²) in [6.07, 6.45) is 0. The summed E-state index contributed by atoms with van der Waals surface area (Å²) in [5, 5.41) is -0.503. The van der Waals surface area contributed by atoms with Crippen molar-refractivity contribution in [3.05, 3.63) is 32.0 Å². The molecule has 0 aliphatic carbocycles. The number of rotatable bonds is 4. The lowest BCUT2D eigenvalue weighted by molar-refractivity contribution is -0.140. The predicted octanol–water partition coefficient (Wildman–Crippen LogP) is 0.0772. The second-order valence-electron chi connectivity index (χ2n) is 7.75. The Morgan fingerprint density at radius 2 is 1.93 bits per heavy atom. The van der Waals surface area contributed by atoms with Crippen molar-refractivity contribution in [3.8, 4) is 0 Å². The molecule has 14 heteroatoms. The Labute approximate surface area is 185 Å². The van der Waals surface area contributed by atoms with E-state index in [1.807, 2.05) is 20.8 Å². The zero-order chi connectivity index (χ0) is 22.6. The molecule has 2 aliphatic heterocycles. The minimum Gasteiger partial charge on any atom is -0.287 e. The first-order valence-electron chi connectivity index (χ1n) is 8.67. The first kappa shape index (κ1) is 23.1. The number of aryl methyl sites for hydroxylation is 1. The number of thioether (sulfide) groups is 2. The number of alkyl halides is 1. The first-order valence-corrected chi connectivity index (χ1v) is 12.6. The monoisotopic (exact) mass is 494 g/mol. The average Bonchev–Trinajstić information content (AvgIpc) is 2.60. The van der Waals surface area contributed by atoms with Gasteiger partial charge in [0.05, 0.1) is 5.75 Å². The summed E-state index contributed by atoms with van der Waals surface area (Å²) in [6, 6.07) is 0. The van der Waals surface area contributed by atoms with Crippen LogP contribution in [0.25, 0.3) is 0 Å². The molecule has 1 aromatic rings. The van der Waals surface area contributed by atoms with E-state index in [9.17, 15) is 27.6 Å². The molecule has 0 unspecified atom stereocenters. The summed E-state index contributed by atoms with van der Waals surface area (Å²) < 4.78 is 26.1. The van der Waals surface area contributed by atoms with Gasteiger partial charge in [0.25, 0.3) is 0 Å². The molecule has 0 aromatic carbocycles. The van der Waals surface area contributed by atoms with Crippen LogP contribution in [0.2, 0.25) is 0 Å². The second-order valence-corrected chi connectivity index (χ2v) is 13.1. The van der Waals surface area contributed by atoms with Gasteiger partial charge in [-0.1, -0.05) is 44.3 Å². The van der Waals surface area contributed by atoms with Crippen LogP contribution in [0.1, 0.15) is 20.8 Å². The molecule has 3 rings (SSSR count). The lowest BCUT2D eigenvalue weighted by Gasteiger charge is -2.47. The molecule has 0 radical (unpaired) electrons. The van der Waals surface area contributed by atoms with E-state index in [1.165, 1.54) is 11.7 Å². The minimum atomic E-state index is -3.80. The van der Waals surface area contributed by atoms with E-state index in [0.29, 0.717) is 0 Å². The van der Waals surface area contributed by atoms with Crippen molar-refractivity contribution in [2.24, 2.45) is 7.05 Å². The third kappa shape index (κ3) is 4.25. The molecule has 10 nitrogen and oxygen atoms in total. The lowest BCUT2D eigenvalue weighted by Crippen LogP contribution is -2.68. The lowest BCUT2D eigenvalue weighted by atomic mass is 10.1. The van der Waals surface area contributed by atoms with E-state index in [2.05, 4.69) is 10.1 Å². The minimum absolute atomic E-state index is 0.0126. The Balaban J connectivity index is 2.03. The maximum atomic E-state index is 13.0. The van der Waals surface area contributed by atoms with Gasteiger partial charge >= 0.3 is 11.1 Å². The van der Waals surface area contributed by atoms with Gasteiger partial charge in [0, 0.05) is 17.5 Å². The second kappa shape index (κ2) is 7.84. The summed E-state index contributed by atoms with van der Waals surface area (Å²) in [5.74, 6) is -1.11. The van der Waals surface area contributed by atoms with Crippen molar-refractivity contribution < 1.29 is 18.0 Å². The number of nitrogens with zero attached hydrogens (tertiary/aromatic N) is 3. The first-order chi connectivity index (χ1) is 13.7. The number of sulfone groups is 1. The van der Waals surface area contributed by atoms with Crippen LogP contribution in [0.5, 0.6) is 0 Å². The molecule has 0 spiro atoms. The maximum absolute atomic E-state index is 13.0. The zero-order valence-electron chi connectivity index (χ0n) is 16.5. The van der Waals surface area contributed by atoms with Crippen LogP contribution in [0, 0.1) is 0 Å². The molecule has 2 aliphatic rings. The molecule has 2 atom stereocenters. The van der Waals surface area contributed by atoms with E-state index in [4.69, 9.17) is 11.6 Å². The quantitative estimate of drug-likeness (QED) is 0.266. The summed E-state index contributed by atoms with van der Waals surface area (Å²) >= 11 is 7.89. The van der Waals surface area contributed by atoms with Crippen molar-refractivity contribution in [3.63, 3.8) is 0 Å². The van der Waals surface area contributed by atoms with Crippen LogP contribution in [0.15, 0.2) is 26.0 Å². The van der Waals surface area contributed by atoms with Crippen molar-refractivity contribution >= 4 is 56.0 Å². The highest BCUT2D eigenvalue weighted by atomic mass is 35.5. The third-order valence-electron chi connectivity index (χ3n) is 4.21.